The quantitative estimate of drug-likeness (QED) is 0.645. The minimum Gasteiger partial charge on any atom is -0.192 e. The molecule has 0 aliphatic heterocycles. The monoisotopic (exact) mass is 209 g/mol. The van der Waals surface area contributed by atoms with E-state index in [-0.39, 0.29) is 0 Å². The van der Waals surface area contributed by atoms with E-state index in [4.69, 9.17) is 5.26 Å². The van der Waals surface area contributed by atoms with Crippen LogP contribution in [0, 0.1) is 25.2 Å². The molecule has 1 nitrogen and oxygen atoms in total. The summed E-state index contributed by atoms with van der Waals surface area (Å²) in [6, 6.07) is 6.06. The smallest absolute Gasteiger partial charge is 0.101 e. The van der Waals surface area contributed by atoms with Crippen molar-refractivity contribution in [3.8, 4) is 6.07 Å². The highest BCUT2D eigenvalue weighted by atomic mass is 79.9. The summed E-state index contributed by atoms with van der Waals surface area (Å²) in [5, 5.41) is 8.74. The van der Waals surface area contributed by atoms with Gasteiger partial charge in [-0.1, -0.05) is 6.07 Å². The van der Waals surface area contributed by atoms with Crippen molar-refractivity contribution in [2.45, 2.75) is 13.8 Å². The van der Waals surface area contributed by atoms with E-state index < -0.39 is 0 Å². The second-order valence-electron chi connectivity index (χ2n) is 2.48. The van der Waals surface area contributed by atoms with E-state index in [0.717, 1.165) is 21.2 Å². The number of nitrogens with zero attached hydrogens (tertiary/aromatic N) is 1. The third-order valence-corrected chi connectivity index (χ3v) is 2.46. The van der Waals surface area contributed by atoms with Crippen LogP contribution in [0.2, 0.25) is 0 Å². The second-order valence-corrected chi connectivity index (χ2v) is 3.33. The molecule has 2 heteroatoms. The first kappa shape index (κ1) is 8.29. The molecule has 0 heterocycles. The zero-order valence-electron chi connectivity index (χ0n) is 6.48. The van der Waals surface area contributed by atoms with Crippen LogP contribution in [0.25, 0.3) is 0 Å². The molecule has 1 rings (SSSR count). The molecule has 0 bridgehead atoms. The summed E-state index contributed by atoms with van der Waals surface area (Å²) >= 11 is 3.32. The van der Waals surface area contributed by atoms with E-state index in [1.165, 1.54) is 0 Å². The number of hydrogen-bond donors (Lipinski definition) is 0. The first-order valence-electron chi connectivity index (χ1n) is 3.32. The fourth-order valence-corrected chi connectivity index (χ4v) is 1.44. The van der Waals surface area contributed by atoms with Crippen molar-refractivity contribution in [1.29, 1.82) is 5.26 Å². The van der Waals surface area contributed by atoms with Crippen LogP contribution in [0.3, 0.4) is 0 Å². The van der Waals surface area contributed by atoms with Crippen molar-refractivity contribution in [3.63, 3.8) is 0 Å². The Morgan fingerprint density at radius 3 is 2.45 bits per heavy atom. The Morgan fingerprint density at radius 1 is 1.36 bits per heavy atom. The number of halogens is 1. The molecule has 0 aliphatic rings. The first-order chi connectivity index (χ1) is 5.16. The van der Waals surface area contributed by atoms with Crippen molar-refractivity contribution in [2.24, 2.45) is 0 Å². The third kappa shape index (κ3) is 1.44. The van der Waals surface area contributed by atoms with Gasteiger partial charge in [0.15, 0.2) is 0 Å². The van der Waals surface area contributed by atoms with Crippen LogP contribution < -0.4 is 0 Å². The largest absolute Gasteiger partial charge is 0.192 e. The van der Waals surface area contributed by atoms with E-state index in [0.29, 0.717) is 0 Å². The maximum absolute atomic E-state index is 8.74. The standard InChI is InChI=1S/C9H8BrN/c1-6-3-4-9(10)8(5-11)7(6)2/h3-4H,1-2H3. The highest BCUT2D eigenvalue weighted by Crippen LogP contribution is 2.21. The Kier molecular flexibility index (Phi) is 2.31. The molecule has 0 aromatic heterocycles. The number of hydrogen-bond acceptors (Lipinski definition) is 1. The minimum absolute atomic E-state index is 0.741. The zero-order chi connectivity index (χ0) is 8.43. The van der Waals surface area contributed by atoms with Gasteiger partial charge in [0, 0.05) is 4.47 Å². The molecule has 56 valence electrons. The van der Waals surface area contributed by atoms with Gasteiger partial charge in [0.25, 0.3) is 0 Å². The lowest BCUT2D eigenvalue weighted by atomic mass is 10.1. The number of aryl methyl sites for hydroxylation is 1. The Balaban J connectivity index is 3.44. The van der Waals surface area contributed by atoms with Gasteiger partial charge in [-0.05, 0) is 47.0 Å². The van der Waals surface area contributed by atoms with Gasteiger partial charge < -0.3 is 0 Å². The molecule has 1 aromatic rings. The average molecular weight is 210 g/mol. The third-order valence-electron chi connectivity index (χ3n) is 1.80. The molecule has 0 unspecified atom stereocenters. The predicted octanol–water partition coefficient (Wildman–Crippen LogP) is 2.94. The van der Waals surface area contributed by atoms with Gasteiger partial charge in [-0.25, -0.2) is 0 Å². The zero-order valence-corrected chi connectivity index (χ0v) is 8.07. The number of benzene rings is 1. The molecule has 0 spiro atoms. The van der Waals surface area contributed by atoms with Crippen LogP contribution in [0.1, 0.15) is 16.7 Å². The Bertz CT molecular complexity index is 323. The first-order valence-corrected chi connectivity index (χ1v) is 4.12. The van der Waals surface area contributed by atoms with E-state index in [9.17, 15) is 0 Å². The number of nitriles is 1. The maximum atomic E-state index is 8.74. The summed E-state index contributed by atoms with van der Waals surface area (Å²) in [7, 11) is 0. The molecular formula is C9H8BrN. The average Bonchev–Trinajstić information content (AvgIpc) is 1.99. The van der Waals surface area contributed by atoms with E-state index >= 15 is 0 Å². The predicted molar refractivity (Wildman–Crippen MR) is 48.3 cm³/mol. The molecule has 0 amide bonds. The van der Waals surface area contributed by atoms with Crippen molar-refractivity contribution in [2.75, 3.05) is 0 Å². The van der Waals surface area contributed by atoms with Crippen LogP contribution in [0.5, 0.6) is 0 Å². The summed E-state index contributed by atoms with van der Waals surface area (Å²) in [4.78, 5) is 0. The fraction of sp³-hybridized carbons (Fsp3) is 0.222. The normalized spacial score (nSPS) is 9.27. The topological polar surface area (TPSA) is 23.8 Å². The molecule has 0 saturated heterocycles. The van der Waals surface area contributed by atoms with Crippen LogP contribution in [0.15, 0.2) is 16.6 Å². The summed E-state index contributed by atoms with van der Waals surface area (Å²) < 4.78 is 0.878. The molecule has 0 radical (unpaired) electrons. The Morgan fingerprint density at radius 2 is 2.00 bits per heavy atom. The molecule has 0 atom stereocenters. The lowest BCUT2D eigenvalue weighted by Crippen LogP contribution is -1.87. The summed E-state index contributed by atoms with van der Waals surface area (Å²) in [5.41, 5.74) is 2.96. The fourth-order valence-electron chi connectivity index (χ4n) is 0.920. The van der Waals surface area contributed by atoms with E-state index in [1.807, 2.05) is 26.0 Å². The Hall–Kier alpha value is -0.810. The molecule has 1 aromatic carbocycles. The van der Waals surface area contributed by atoms with E-state index in [1.54, 1.807) is 0 Å². The van der Waals surface area contributed by atoms with Crippen LogP contribution >= 0.6 is 15.9 Å². The Labute approximate surface area is 74.8 Å². The van der Waals surface area contributed by atoms with Crippen LogP contribution in [-0.2, 0) is 0 Å². The van der Waals surface area contributed by atoms with Gasteiger partial charge in [-0.3, -0.25) is 0 Å². The van der Waals surface area contributed by atoms with Crippen molar-refractivity contribution >= 4 is 15.9 Å². The van der Waals surface area contributed by atoms with Crippen LogP contribution in [-0.4, -0.2) is 0 Å². The SMILES string of the molecule is Cc1ccc(Br)c(C#N)c1C. The molecule has 11 heavy (non-hydrogen) atoms. The van der Waals surface area contributed by atoms with Crippen molar-refractivity contribution in [3.05, 3.63) is 33.3 Å². The van der Waals surface area contributed by atoms with Crippen molar-refractivity contribution < 1.29 is 0 Å². The summed E-state index contributed by atoms with van der Waals surface area (Å²) in [6.07, 6.45) is 0. The summed E-state index contributed by atoms with van der Waals surface area (Å²) in [5.74, 6) is 0. The molecule has 0 fully saturated rings. The summed E-state index contributed by atoms with van der Waals surface area (Å²) in [6.45, 7) is 3.96. The van der Waals surface area contributed by atoms with Crippen molar-refractivity contribution in [1.82, 2.24) is 0 Å². The van der Waals surface area contributed by atoms with E-state index in [2.05, 4.69) is 22.0 Å². The molecule has 0 N–H and O–H groups in total. The molecule has 0 saturated carbocycles. The highest BCUT2D eigenvalue weighted by molar-refractivity contribution is 9.10. The maximum Gasteiger partial charge on any atom is 0.101 e. The van der Waals surface area contributed by atoms with Gasteiger partial charge >= 0.3 is 0 Å². The number of rotatable bonds is 0. The lowest BCUT2D eigenvalue weighted by molar-refractivity contribution is 1.29. The minimum atomic E-state index is 0.741. The van der Waals surface area contributed by atoms with Gasteiger partial charge in [0.1, 0.15) is 6.07 Å². The second kappa shape index (κ2) is 3.06. The van der Waals surface area contributed by atoms with Gasteiger partial charge in [0.05, 0.1) is 5.56 Å². The van der Waals surface area contributed by atoms with Gasteiger partial charge in [-0.15, -0.1) is 0 Å². The molecule has 0 aliphatic carbocycles. The van der Waals surface area contributed by atoms with Gasteiger partial charge in [-0.2, -0.15) is 5.26 Å². The van der Waals surface area contributed by atoms with Crippen LogP contribution in [0.4, 0.5) is 0 Å². The highest BCUT2D eigenvalue weighted by Gasteiger charge is 2.03. The lowest BCUT2D eigenvalue weighted by Gasteiger charge is -2.02. The molecular weight excluding hydrogens is 202 g/mol. The van der Waals surface area contributed by atoms with Gasteiger partial charge in [0.2, 0.25) is 0 Å².